The van der Waals surface area contributed by atoms with Gasteiger partial charge in [0.05, 0.1) is 0 Å². The molecule has 0 aliphatic carbocycles. The summed E-state index contributed by atoms with van der Waals surface area (Å²) in [6.07, 6.45) is 0.530. The summed E-state index contributed by atoms with van der Waals surface area (Å²) >= 11 is 0. The summed E-state index contributed by atoms with van der Waals surface area (Å²) in [5, 5.41) is 0. The molecule has 92 valence electrons. The Balaban J connectivity index is 2.96. The molecule has 0 aromatic rings. The minimum Gasteiger partial charge on any atom is -0.443 e. The van der Waals surface area contributed by atoms with Gasteiger partial charge in [-0.1, -0.05) is 20.8 Å². The highest BCUT2D eigenvalue weighted by molar-refractivity contribution is 5.92. The maximum absolute atomic E-state index is 11.8. The molecular formula is C12H21NO3. The molecule has 0 radical (unpaired) electrons. The topological polar surface area (TPSA) is 46.6 Å². The van der Waals surface area contributed by atoms with Gasteiger partial charge >= 0.3 is 6.09 Å². The number of amides is 2. The lowest BCUT2D eigenvalue weighted by molar-refractivity contribution is -0.139. The molecule has 4 nitrogen and oxygen atoms in total. The van der Waals surface area contributed by atoms with Crippen LogP contribution >= 0.6 is 0 Å². The van der Waals surface area contributed by atoms with E-state index in [-0.39, 0.29) is 17.9 Å². The number of rotatable bonds is 2. The maximum Gasteiger partial charge on any atom is 0.417 e. The third-order valence-electron chi connectivity index (χ3n) is 2.93. The van der Waals surface area contributed by atoms with Crippen molar-refractivity contribution in [3.05, 3.63) is 0 Å². The van der Waals surface area contributed by atoms with Gasteiger partial charge in [0, 0.05) is 18.9 Å². The first-order valence-electron chi connectivity index (χ1n) is 5.83. The van der Waals surface area contributed by atoms with E-state index in [1.54, 1.807) is 6.92 Å². The predicted molar refractivity (Wildman–Crippen MR) is 60.9 cm³/mol. The molecule has 1 saturated heterocycles. The van der Waals surface area contributed by atoms with Crippen molar-refractivity contribution in [3.8, 4) is 0 Å². The van der Waals surface area contributed by atoms with Crippen molar-refractivity contribution < 1.29 is 14.3 Å². The van der Waals surface area contributed by atoms with Gasteiger partial charge in [0.25, 0.3) is 0 Å². The Hall–Kier alpha value is -1.06. The molecule has 1 fully saturated rings. The first-order chi connectivity index (χ1) is 7.28. The normalized spacial score (nSPS) is 24.5. The number of imide groups is 1. The van der Waals surface area contributed by atoms with Crippen molar-refractivity contribution in [1.29, 1.82) is 0 Å². The van der Waals surface area contributed by atoms with Gasteiger partial charge in [0.1, 0.15) is 5.60 Å². The average molecular weight is 227 g/mol. The van der Waals surface area contributed by atoms with E-state index in [9.17, 15) is 9.59 Å². The van der Waals surface area contributed by atoms with Crippen LogP contribution in [0.4, 0.5) is 4.79 Å². The van der Waals surface area contributed by atoms with E-state index in [2.05, 4.69) is 0 Å². The van der Waals surface area contributed by atoms with Gasteiger partial charge in [0.2, 0.25) is 5.91 Å². The van der Waals surface area contributed by atoms with Crippen molar-refractivity contribution in [1.82, 2.24) is 4.90 Å². The van der Waals surface area contributed by atoms with E-state index in [1.807, 2.05) is 27.7 Å². The Morgan fingerprint density at radius 3 is 2.56 bits per heavy atom. The molecule has 0 N–H and O–H groups in total. The fourth-order valence-electron chi connectivity index (χ4n) is 2.05. The molecule has 0 unspecified atom stereocenters. The molecule has 1 aliphatic rings. The Bertz CT molecular complexity index is 297. The van der Waals surface area contributed by atoms with E-state index in [4.69, 9.17) is 4.74 Å². The smallest absolute Gasteiger partial charge is 0.417 e. The van der Waals surface area contributed by atoms with Gasteiger partial charge in [-0.25, -0.2) is 9.69 Å². The van der Waals surface area contributed by atoms with Gasteiger partial charge < -0.3 is 4.74 Å². The van der Waals surface area contributed by atoms with E-state index in [1.165, 1.54) is 4.90 Å². The van der Waals surface area contributed by atoms with Crippen LogP contribution in [0.2, 0.25) is 0 Å². The Labute approximate surface area is 96.9 Å². The van der Waals surface area contributed by atoms with Crippen LogP contribution in [0.1, 0.15) is 47.5 Å². The van der Waals surface area contributed by atoms with Gasteiger partial charge in [-0.05, 0) is 19.8 Å². The largest absolute Gasteiger partial charge is 0.443 e. The minimum atomic E-state index is -0.498. The van der Waals surface area contributed by atoms with Gasteiger partial charge in [-0.15, -0.1) is 0 Å². The lowest BCUT2D eigenvalue weighted by atomic mass is 9.89. The summed E-state index contributed by atoms with van der Waals surface area (Å²) in [6, 6.07) is -0.0521. The fourth-order valence-corrected chi connectivity index (χ4v) is 2.05. The van der Waals surface area contributed by atoms with Crippen LogP contribution in [-0.2, 0) is 9.53 Å². The van der Waals surface area contributed by atoms with Crippen molar-refractivity contribution in [2.45, 2.75) is 59.1 Å². The van der Waals surface area contributed by atoms with E-state index in [0.717, 1.165) is 0 Å². The molecule has 4 heteroatoms. The van der Waals surface area contributed by atoms with Crippen molar-refractivity contribution in [2.24, 2.45) is 5.92 Å². The monoisotopic (exact) mass is 227 g/mol. The zero-order chi connectivity index (χ0) is 12.5. The minimum absolute atomic E-state index is 0.0521. The van der Waals surface area contributed by atoms with Crippen molar-refractivity contribution in [2.75, 3.05) is 0 Å². The Kier molecular flexibility index (Phi) is 3.61. The maximum atomic E-state index is 11.8. The molecule has 0 spiro atoms. The number of hydrogen-bond donors (Lipinski definition) is 0. The second-order valence-electron chi connectivity index (χ2n) is 5.26. The fraction of sp³-hybridized carbons (Fsp3) is 0.833. The highest BCUT2D eigenvalue weighted by Crippen LogP contribution is 2.31. The summed E-state index contributed by atoms with van der Waals surface area (Å²) < 4.78 is 5.26. The molecule has 0 aromatic carbocycles. The second kappa shape index (κ2) is 4.44. The van der Waals surface area contributed by atoms with Crippen LogP contribution in [-0.4, -0.2) is 28.5 Å². The van der Waals surface area contributed by atoms with Crippen LogP contribution in [0, 0.1) is 5.92 Å². The molecular weight excluding hydrogens is 206 g/mol. The third-order valence-corrected chi connectivity index (χ3v) is 2.93. The molecule has 1 atom stereocenters. The van der Waals surface area contributed by atoms with Crippen LogP contribution in [0.3, 0.4) is 0 Å². The molecule has 16 heavy (non-hydrogen) atoms. The number of nitrogens with zero attached hydrogens (tertiary/aromatic N) is 1. The quantitative estimate of drug-likeness (QED) is 0.728. The standard InChI is InChI=1S/C12H21NO3/c1-6-10(14)13-9(8(2)3)7-12(4,5)16-11(13)15/h8-9H,6-7H2,1-5H3/t9-/m1/s1. The van der Waals surface area contributed by atoms with Gasteiger partial charge in [0.15, 0.2) is 0 Å². The molecule has 2 amide bonds. The van der Waals surface area contributed by atoms with Crippen molar-refractivity contribution >= 4 is 12.0 Å². The summed E-state index contributed by atoms with van der Waals surface area (Å²) in [4.78, 5) is 24.8. The summed E-state index contributed by atoms with van der Waals surface area (Å²) in [5.74, 6) is 0.0989. The molecule has 1 heterocycles. The third kappa shape index (κ3) is 2.54. The van der Waals surface area contributed by atoms with Gasteiger partial charge in [-0.2, -0.15) is 0 Å². The van der Waals surface area contributed by atoms with E-state index in [0.29, 0.717) is 12.8 Å². The van der Waals surface area contributed by atoms with Crippen LogP contribution < -0.4 is 0 Å². The van der Waals surface area contributed by atoms with Gasteiger partial charge in [-0.3, -0.25) is 4.79 Å². The van der Waals surface area contributed by atoms with E-state index < -0.39 is 11.7 Å². The van der Waals surface area contributed by atoms with Crippen LogP contribution in [0.5, 0.6) is 0 Å². The number of carbonyl (C=O) groups is 2. The molecule has 0 bridgehead atoms. The Morgan fingerprint density at radius 1 is 1.56 bits per heavy atom. The van der Waals surface area contributed by atoms with Crippen LogP contribution in [0.15, 0.2) is 0 Å². The number of ether oxygens (including phenoxy) is 1. The first kappa shape index (κ1) is 13.0. The zero-order valence-electron chi connectivity index (χ0n) is 10.7. The zero-order valence-corrected chi connectivity index (χ0v) is 10.7. The summed E-state index contributed by atoms with van der Waals surface area (Å²) in [5.41, 5.74) is -0.476. The van der Waals surface area contributed by atoms with Crippen molar-refractivity contribution in [3.63, 3.8) is 0 Å². The summed E-state index contributed by atoms with van der Waals surface area (Å²) in [6.45, 7) is 9.57. The predicted octanol–water partition coefficient (Wildman–Crippen LogP) is 2.57. The number of hydrogen-bond acceptors (Lipinski definition) is 3. The SMILES string of the molecule is CCC(=O)N1C(=O)OC(C)(C)C[C@@H]1C(C)C. The number of carbonyl (C=O) groups excluding carboxylic acids is 2. The highest BCUT2D eigenvalue weighted by atomic mass is 16.6. The first-order valence-corrected chi connectivity index (χ1v) is 5.83. The Morgan fingerprint density at radius 2 is 2.12 bits per heavy atom. The lowest BCUT2D eigenvalue weighted by Gasteiger charge is -2.43. The van der Waals surface area contributed by atoms with Crippen LogP contribution in [0.25, 0.3) is 0 Å². The molecule has 0 aromatic heterocycles. The summed E-state index contributed by atoms with van der Waals surface area (Å²) in [7, 11) is 0. The average Bonchev–Trinajstić information content (AvgIpc) is 2.14. The molecule has 1 rings (SSSR count). The number of cyclic esters (lactones) is 1. The lowest BCUT2D eigenvalue weighted by Crippen LogP contribution is -2.56. The highest BCUT2D eigenvalue weighted by Gasteiger charge is 2.43. The molecule has 1 aliphatic heterocycles. The second-order valence-corrected chi connectivity index (χ2v) is 5.26. The van der Waals surface area contributed by atoms with E-state index >= 15 is 0 Å². The molecule has 0 saturated carbocycles.